The zero-order valence-electron chi connectivity index (χ0n) is 10.1. The molecule has 0 radical (unpaired) electrons. The van der Waals surface area contributed by atoms with Gasteiger partial charge in [-0.25, -0.2) is 0 Å². The first-order valence-corrected chi connectivity index (χ1v) is 5.73. The Hall–Kier alpha value is -2.26. The molecule has 0 atom stereocenters. The van der Waals surface area contributed by atoms with Crippen LogP contribution in [-0.2, 0) is 0 Å². The lowest BCUT2D eigenvalue weighted by molar-refractivity contribution is 1.23. The summed E-state index contributed by atoms with van der Waals surface area (Å²) < 4.78 is 0. The molecule has 19 heavy (non-hydrogen) atoms. The predicted octanol–water partition coefficient (Wildman–Crippen LogP) is 3.63. The summed E-state index contributed by atoms with van der Waals surface area (Å²) in [5.74, 6) is 0. The lowest BCUT2D eigenvalue weighted by atomic mass is 10.1. The summed E-state index contributed by atoms with van der Waals surface area (Å²) >= 11 is 0. The molecule has 0 bridgehead atoms. The minimum Gasteiger partial charge on any atom is -0.256 e. The third-order valence-electron chi connectivity index (χ3n) is 2.66. The maximum absolute atomic E-state index is 4.42. The molecule has 3 aromatic heterocycles. The van der Waals surface area contributed by atoms with E-state index in [-0.39, 0.29) is 12.4 Å². The molecule has 0 fully saturated rings. The average Bonchev–Trinajstić information content (AvgIpc) is 2.49. The van der Waals surface area contributed by atoms with E-state index in [2.05, 4.69) is 15.0 Å². The highest BCUT2D eigenvalue weighted by Gasteiger charge is 2.09. The van der Waals surface area contributed by atoms with Crippen LogP contribution in [0.15, 0.2) is 67.1 Å². The van der Waals surface area contributed by atoms with Gasteiger partial charge in [-0.05, 0) is 36.4 Å². The van der Waals surface area contributed by atoms with Gasteiger partial charge in [-0.3, -0.25) is 15.0 Å². The van der Waals surface area contributed by atoms with Gasteiger partial charge in [0.1, 0.15) is 0 Å². The molecular weight excluding hydrogens is 258 g/mol. The Kier molecular flexibility index (Phi) is 4.21. The number of hydrogen-bond acceptors (Lipinski definition) is 3. The zero-order chi connectivity index (χ0) is 12.2. The second-order valence-electron chi connectivity index (χ2n) is 3.83. The van der Waals surface area contributed by atoms with Crippen LogP contribution in [0, 0.1) is 0 Å². The molecular formula is C15H12ClN3. The van der Waals surface area contributed by atoms with Crippen molar-refractivity contribution in [1.29, 1.82) is 0 Å². The van der Waals surface area contributed by atoms with Crippen LogP contribution >= 0.6 is 12.4 Å². The molecule has 0 unspecified atom stereocenters. The molecule has 3 rings (SSSR count). The van der Waals surface area contributed by atoms with Gasteiger partial charge in [-0.2, -0.15) is 0 Å². The fourth-order valence-electron chi connectivity index (χ4n) is 1.84. The van der Waals surface area contributed by atoms with Crippen molar-refractivity contribution in [1.82, 2.24) is 15.0 Å². The van der Waals surface area contributed by atoms with Crippen LogP contribution in [0.5, 0.6) is 0 Å². The highest BCUT2D eigenvalue weighted by molar-refractivity contribution is 5.85. The SMILES string of the molecule is Cl.c1ccc(-c2cccnc2-c2ccccn2)nc1. The van der Waals surface area contributed by atoms with E-state index in [4.69, 9.17) is 0 Å². The van der Waals surface area contributed by atoms with Crippen LogP contribution in [-0.4, -0.2) is 15.0 Å². The maximum Gasteiger partial charge on any atom is 0.0980 e. The molecule has 0 aliphatic heterocycles. The van der Waals surface area contributed by atoms with Crippen LogP contribution in [0.4, 0.5) is 0 Å². The summed E-state index contributed by atoms with van der Waals surface area (Å²) in [6, 6.07) is 15.6. The number of rotatable bonds is 2. The largest absolute Gasteiger partial charge is 0.256 e. The molecule has 3 nitrogen and oxygen atoms in total. The third kappa shape index (κ3) is 2.77. The molecule has 0 aromatic carbocycles. The molecule has 0 N–H and O–H groups in total. The normalized spacial score (nSPS) is 9.68. The fraction of sp³-hybridized carbons (Fsp3) is 0. The van der Waals surface area contributed by atoms with E-state index in [0.717, 1.165) is 22.6 Å². The van der Waals surface area contributed by atoms with E-state index in [1.54, 1.807) is 18.6 Å². The summed E-state index contributed by atoms with van der Waals surface area (Å²) in [5.41, 5.74) is 3.62. The van der Waals surface area contributed by atoms with Gasteiger partial charge in [0, 0.05) is 24.2 Å². The Morgan fingerprint density at radius 1 is 0.579 bits per heavy atom. The van der Waals surface area contributed by atoms with Crippen molar-refractivity contribution in [3.63, 3.8) is 0 Å². The average molecular weight is 270 g/mol. The van der Waals surface area contributed by atoms with Crippen LogP contribution in [0.25, 0.3) is 22.6 Å². The number of aromatic nitrogens is 3. The predicted molar refractivity (Wildman–Crippen MR) is 77.9 cm³/mol. The quantitative estimate of drug-likeness (QED) is 0.713. The molecule has 0 saturated heterocycles. The number of nitrogens with zero attached hydrogens (tertiary/aromatic N) is 3. The van der Waals surface area contributed by atoms with E-state index >= 15 is 0 Å². The Morgan fingerprint density at radius 2 is 1.21 bits per heavy atom. The van der Waals surface area contributed by atoms with Gasteiger partial charge in [0.2, 0.25) is 0 Å². The van der Waals surface area contributed by atoms with Crippen molar-refractivity contribution in [2.24, 2.45) is 0 Å². The molecule has 0 aliphatic carbocycles. The fourth-order valence-corrected chi connectivity index (χ4v) is 1.84. The van der Waals surface area contributed by atoms with Crippen molar-refractivity contribution in [3.8, 4) is 22.6 Å². The van der Waals surface area contributed by atoms with E-state index in [1.165, 1.54) is 0 Å². The minimum absolute atomic E-state index is 0. The van der Waals surface area contributed by atoms with Gasteiger partial charge >= 0.3 is 0 Å². The Bertz CT molecular complexity index is 583. The number of halogens is 1. The lowest BCUT2D eigenvalue weighted by Crippen LogP contribution is -1.92. The molecule has 3 aromatic rings. The van der Waals surface area contributed by atoms with E-state index in [0.29, 0.717) is 0 Å². The summed E-state index contributed by atoms with van der Waals surface area (Å²) in [5, 5.41) is 0. The van der Waals surface area contributed by atoms with Crippen molar-refractivity contribution < 1.29 is 0 Å². The Labute approximate surface area is 117 Å². The molecule has 0 amide bonds. The van der Waals surface area contributed by atoms with Crippen molar-refractivity contribution in [3.05, 3.63) is 67.1 Å². The molecule has 94 valence electrons. The summed E-state index contributed by atoms with van der Waals surface area (Å²) in [6.45, 7) is 0. The van der Waals surface area contributed by atoms with Crippen LogP contribution in [0.1, 0.15) is 0 Å². The summed E-state index contributed by atoms with van der Waals surface area (Å²) in [4.78, 5) is 13.1. The zero-order valence-corrected chi connectivity index (χ0v) is 10.9. The van der Waals surface area contributed by atoms with Crippen LogP contribution < -0.4 is 0 Å². The van der Waals surface area contributed by atoms with E-state index in [1.807, 2.05) is 48.5 Å². The molecule has 0 aliphatic rings. The standard InChI is InChI=1S/C15H11N3.ClH/c1-3-9-16-13(7-1)12-6-5-11-18-15(12)14-8-2-4-10-17-14;/h1-11H;1H. The highest BCUT2D eigenvalue weighted by atomic mass is 35.5. The van der Waals surface area contributed by atoms with Gasteiger partial charge < -0.3 is 0 Å². The smallest absolute Gasteiger partial charge is 0.0980 e. The van der Waals surface area contributed by atoms with E-state index < -0.39 is 0 Å². The second-order valence-corrected chi connectivity index (χ2v) is 3.83. The van der Waals surface area contributed by atoms with Crippen molar-refractivity contribution in [2.45, 2.75) is 0 Å². The van der Waals surface area contributed by atoms with Gasteiger partial charge in [0.05, 0.1) is 17.1 Å². The summed E-state index contributed by atoms with van der Waals surface area (Å²) in [6.07, 6.45) is 5.33. The van der Waals surface area contributed by atoms with Gasteiger partial charge in [0.15, 0.2) is 0 Å². The third-order valence-corrected chi connectivity index (χ3v) is 2.66. The lowest BCUT2D eigenvalue weighted by Gasteiger charge is -2.06. The second kappa shape index (κ2) is 6.07. The van der Waals surface area contributed by atoms with Gasteiger partial charge in [0.25, 0.3) is 0 Å². The molecule has 3 heterocycles. The molecule has 0 spiro atoms. The van der Waals surface area contributed by atoms with Crippen molar-refractivity contribution >= 4 is 12.4 Å². The highest BCUT2D eigenvalue weighted by Crippen LogP contribution is 2.26. The van der Waals surface area contributed by atoms with Gasteiger partial charge in [-0.1, -0.05) is 12.1 Å². The van der Waals surface area contributed by atoms with E-state index in [9.17, 15) is 0 Å². The topological polar surface area (TPSA) is 38.7 Å². The van der Waals surface area contributed by atoms with Crippen LogP contribution in [0.2, 0.25) is 0 Å². The first-order valence-electron chi connectivity index (χ1n) is 5.73. The molecule has 4 heteroatoms. The summed E-state index contributed by atoms with van der Waals surface area (Å²) in [7, 11) is 0. The first-order chi connectivity index (χ1) is 8.95. The first kappa shape index (κ1) is 13.2. The van der Waals surface area contributed by atoms with Crippen LogP contribution in [0.3, 0.4) is 0 Å². The number of pyridine rings is 3. The monoisotopic (exact) mass is 269 g/mol. The number of hydrogen-bond donors (Lipinski definition) is 0. The Balaban J connectivity index is 0.00000133. The van der Waals surface area contributed by atoms with Gasteiger partial charge in [-0.15, -0.1) is 12.4 Å². The Morgan fingerprint density at radius 3 is 1.84 bits per heavy atom. The van der Waals surface area contributed by atoms with Crippen molar-refractivity contribution in [2.75, 3.05) is 0 Å². The minimum atomic E-state index is 0. The molecule has 0 saturated carbocycles. The maximum atomic E-state index is 4.42.